The molecule has 0 bridgehead atoms. The van der Waals surface area contributed by atoms with Gasteiger partial charge in [0.15, 0.2) is 0 Å². The van der Waals surface area contributed by atoms with Gasteiger partial charge in [-0.05, 0) is 109 Å². The molecule has 83 heavy (non-hydrogen) atoms. The van der Waals surface area contributed by atoms with Gasteiger partial charge >= 0.3 is 5.97 Å². The van der Waals surface area contributed by atoms with E-state index in [9.17, 15) is 19.0 Å². The number of phosphoric acid groups is 1. The van der Waals surface area contributed by atoms with Crippen molar-refractivity contribution in [3.63, 3.8) is 0 Å². The Hall–Kier alpha value is -2.81. The molecule has 3 atom stereocenters. The Labute approximate surface area is 514 Å². The van der Waals surface area contributed by atoms with Crippen molar-refractivity contribution in [3.8, 4) is 0 Å². The van der Waals surface area contributed by atoms with Gasteiger partial charge < -0.3 is 28.5 Å². The first-order valence-electron chi connectivity index (χ1n) is 34.9. The molecule has 0 spiro atoms. The molecular formula is C73H133N2O7P. The molecule has 0 saturated heterocycles. The highest BCUT2D eigenvalue weighted by Crippen LogP contribution is 2.38. The lowest BCUT2D eigenvalue weighted by atomic mass is 10.0. The molecule has 0 rings (SSSR count). The van der Waals surface area contributed by atoms with Gasteiger partial charge in [0.25, 0.3) is 7.82 Å². The number of ether oxygens (including phenoxy) is 1. The quantitative estimate of drug-likeness (QED) is 0.0212. The summed E-state index contributed by atoms with van der Waals surface area (Å²) in [5, 5.41) is 3.02. The number of phosphoric ester groups is 1. The number of carbonyl (C=O) groups is 2. The fourth-order valence-electron chi connectivity index (χ4n) is 9.89. The van der Waals surface area contributed by atoms with Crippen LogP contribution in [0.2, 0.25) is 0 Å². The standard InChI is InChI=1S/C73H133N2O7P/c1-7-10-13-16-19-22-25-28-30-32-34-35-36-37-38-39-41-43-45-48-51-54-57-60-63-66-73(77)82-71(64-61-58-55-52-49-46-27-24-21-18-15-12-9-3)70(69-81-83(78,79)80-68-67-75(4,5)6)74-72(76)65-62-59-56-53-50-47-44-42-40-33-31-29-26-23-20-17-14-11-8-2/h19-20,22-23,28-31,40,42,47,50,61,64,70-71H,7-18,21,24-27,32-39,41,43-46,48-49,51-60,62-63,65-69H2,1-6H3,(H-,74,76,78,79)/b22-19-,23-20-,30-28-,31-29-,42-40-,50-47-,64-61-. The molecule has 10 heteroatoms. The van der Waals surface area contributed by atoms with Gasteiger partial charge in [0.1, 0.15) is 19.3 Å². The Balaban J connectivity index is 5.16. The third kappa shape index (κ3) is 63.5. The molecule has 0 aromatic rings. The lowest BCUT2D eigenvalue weighted by Gasteiger charge is -2.30. The summed E-state index contributed by atoms with van der Waals surface area (Å²) in [4.78, 5) is 40.2. The average molecular weight is 1180 g/mol. The molecule has 0 aliphatic heterocycles. The van der Waals surface area contributed by atoms with Crippen LogP contribution in [0.4, 0.5) is 0 Å². The fourth-order valence-corrected chi connectivity index (χ4v) is 10.6. The lowest BCUT2D eigenvalue weighted by Crippen LogP contribution is -2.47. The van der Waals surface area contributed by atoms with E-state index in [-0.39, 0.29) is 31.3 Å². The Bertz CT molecular complexity index is 1700. The number of likely N-dealkylation sites (N-methyl/N-ethyl adjacent to an activating group) is 1. The highest BCUT2D eigenvalue weighted by atomic mass is 31.2. The minimum absolute atomic E-state index is 0.0309. The number of esters is 1. The largest absolute Gasteiger partial charge is 0.756 e. The van der Waals surface area contributed by atoms with E-state index < -0.39 is 26.6 Å². The maximum atomic E-state index is 13.6. The molecule has 0 fully saturated rings. The first kappa shape index (κ1) is 80.2. The predicted molar refractivity (Wildman–Crippen MR) is 358 cm³/mol. The Morgan fingerprint density at radius 2 is 0.735 bits per heavy atom. The number of unbranched alkanes of at least 4 members (excludes halogenated alkanes) is 35. The molecule has 0 heterocycles. The van der Waals surface area contributed by atoms with Crippen LogP contribution in [-0.4, -0.2) is 69.4 Å². The van der Waals surface area contributed by atoms with E-state index in [2.05, 4.69) is 99.0 Å². The zero-order valence-electron chi connectivity index (χ0n) is 55.1. The molecule has 0 aromatic heterocycles. The van der Waals surface area contributed by atoms with E-state index in [0.29, 0.717) is 17.4 Å². The van der Waals surface area contributed by atoms with Gasteiger partial charge in [-0.25, -0.2) is 0 Å². The number of hydrogen-bond donors (Lipinski definition) is 1. The second-order valence-electron chi connectivity index (χ2n) is 24.7. The predicted octanol–water partition coefficient (Wildman–Crippen LogP) is 21.5. The van der Waals surface area contributed by atoms with Gasteiger partial charge in [0.2, 0.25) is 5.91 Å². The fraction of sp³-hybridized carbons (Fsp3) is 0.781. The Morgan fingerprint density at radius 1 is 0.422 bits per heavy atom. The Kier molecular flexibility index (Phi) is 60.1. The molecule has 0 aliphatic rings. The highest BCUT2D eigenvalue weighted by molar-refractivity contribution is 7.45. The van der Waals surface area contributed by atoms with E-state index in [4.69, 9.17) is 13.8 Å². The van der Waals surface area contributed by atoms with Crippen LogP contribution in [0.25, 0.3) is 0 Å². The second-order valence-corrected chi connectivity index (χ2v) is 26.1. The summed E-state index contributed by atoms with van der Waals surface area (Å²) >= 11 is 0. The summed E-state index contributed by atoms with van der Waals surface area (Å²) in [6.07, 6.45) is 82.7. The van der Waals surface area contributed by atoms with Gasteiger partial charge in [0, 0.05) is 12.8 Å². The van der Waals surface area contributed by atoms with Crippen molar-refractivity contribution in [3.05, 3.63) is 85.1 Å². The summed E-state index contributed by atoms with van der Waals surface area (Å²) in [5.74, 6) is -0.571. The van der Waals surface area contributed by atoms with Crippen LogP contribution in [0.1, 0.15) is 316 Å². The minimum atomic E-state index is -4.72. The van der Waals surface area contributed by atoms with Gasteiger partial charge in [-0.2, -0.15) is 0 Å². The first-order valence-corrected chi connectivity index (χ1v) is 36.4. The maximum absolute atomic E-state index is 13.6. The summed E-state index contributed by atoms with van der Waals surface area (Å²) < 4.78 is 30.4. The van der Waals surface area contributed by atoms with Crippen molar-refractivity contribution < 1.29 is 37.3 Å². The van der Waals surface area contributed by atoms with Gasteiger partial charge in [-0.1, -0.05) is 280 Å². The zero-order chi connectivity index (χ0) is 60.7. The molecular weight excluding hydrogens is 1050 g/mol. The van der Waals surface area contributed by atoms with Crippen LogP contribution < -0.4 is 10.2 Å². The van der Waals surface area contributed by atoms with E-state index in [1.54, 1.807) is 0 Å². The van der Waals surface area contributed by atoms with Gasteiger partial charge in [-0.15, -0.1) is 0 Å². The van der Waals surface area contributed by atoms with Crippen molar-refractivity contribution in [2.45, 2.75) is 328 Å². The number of quaternary nitrogens is 1. The van der Waals surface area contributed by atoms with Crippen molar-refractivity contribution in [2.75, 3.05) is 40.9 Å². The van der Waals surface area contributed by atoms with E-state index >= 15 is 0 Å². The molecule has 0 aromatic carbocycles. The van der Waals surface area contributed by atoms with Crippen molar-refractivity contribution in [1.82, 2.24) is 5.32 Å². The van der Waals surface area contributed by atoms with Gasteiger partial charge in [0.05, 0.1) is 33.8 Å². The summed E-state index contributed by atoms with van der Waals surface area (Å²) in [6.45, 7) is 6.79. The number of allylic oxidation sites excluding steroid dienone is 13. The van der Waals surface area contributed by atoms with E-state index in [0.717, 1.165) is 83.5 Å². The van der Waals surface area contributed by atoms with Crippen molar-refractivity contribution in [2.24, 2.45) is 0 Å². The number of carbonyl (C=O) groups excluding carboxylic acids is 2. The molecule has 3 unspecified atom stereocenters. The van der Waals surface area contributed by atoms with Crippen molar-refractivity contribution in [1.29, 1.82) is 0 Å². The maximum Gasteiger partial charge on any atom is 0.306 e. The van der Waals surface area contributed by atoms with Crippen LogP contribution in [0.3, 0.4) is 0 Å². The smallest absolute Gasteiger partial charge is 0.306 e. The third-order valence-corrected chi connectivity index (χ3v) is 16.3. The van der Waals surface area contributed by atoms with Crippen LogP contribution >= 0.6 is 7.82 Å². The number of nitrogens with one attached hydrogen (secondary N) is 1. The molecule has 0 aliphatic carbocycles. The average Bonchev–Trinajstić information content (AvgIpc) is 3.47. The highest BCUT2D eigenvalue weighted by Gasteiger charge is 2.27. The molecule has 482 valence electrons. The van der Waals surface area contributed by atoms with Crippen LogP contribution in [-0.2, 0) is 27.9 Å². The first-order chi connectivity index (χ1) is 40.4. The molecule has 0 saturated carbocycles. The van der Waals surface area contributed by atoms with Crippen molar-refractivity contribution >= 4 is 19.7 Å². The molecule has 1 N–H and O–H groups in total. The second kappa shape index (κ2) is 62.2. The monoisotopic (exact) mass is 1180 g/mol. The zero-order valence-corrected chi connectivity index (χ0v) is 56.0. The Morgan fingerprint density at radius 3 is 1.13 bits per heavy atom. The lowest BCUT2D eigenvalue weighted by molar-refractivity contribution is -0.870. The minimum Gasteiger partial charge on any atom is -0.756 e. The number of amides is 1. The normalized spacial score (nSPS) is 14.1. The van der Waals surface area contributed by atoms with E-state index in [1.165, 1.54) is 193 Å². The van der Waals surface area contributed by atoms with Gasteiger partial charge in [-0.3, -0.25) is 14.2 Å². The van der Waals surface area contributed by atoms with Crippen LogP contribution in [0.5, 0.6) is 0 Å². The number of nitrogens with zero attached hydrogens (tertiary/aromatic N) is 1. The summed E-state index contributed by atoms with van der Waals surface area (Å²) in [5.41, 5.74) is 0. The SMILES string of the molecule is CCCCC/C=C\C/C=C\C/C=C\C/C=C\CCCCCC(=O)NC(COP(=O)([O-])OCC[N+](C)(C)C)C(/C=C\CCCCCCCCCCCCC)OC(=O)CCCCCCCCCCCCCCCCC/C=C\C/C=C\CCCCC. The topological polar surface area (TPSA) is 114 Å². The molecule has 0 radical (unpaired) electrons. The van der Waals surface area contributed by atoms with Crippen LogP contribution in [0.15, 0.2) is 85.1 Å². The van der Waals surface area contributed by atoms with Crippen LogP contribution in [0, 0.1) is 0 Å². The molecule has 1 amide bonds. The summed E-state index contributed by atoms with van der Waals surface area (Å²) in [6, 6.07) is -0.909. The molecule has 9 nitrogen and oxygen atoms in total. The number of hydrogen-bond acceptors (Lipinski definition) is 7. The van der Waals surface area contributed by atoms with E-state index in [1.807, 2.05) is 33.3 Å². The number of rotatable bonds is 63. The summed E-state index contributed by atoms with van der Waals surface area (Å²) in [7, 11) is 1.16. The third-order valence-electron chi connectivity index (χ3n) is 15.3.